The number of allylic oxidation sites excluding steroid dienone is 10. The largest absolute Gasteiger partial charge is 0.462 e. The number of esters is 2. The van der Waals surface area contributed by atoms with Gasteiger partial charge in [0.05, 0.1) is 6.61 Å². The van der Waals surface area contributed by atoms with Crippen LogP contribution in [0.5, 0.6) is 0 Å². The average Bonchev–Trinajstić information content (AvgIpc) is 3.32. The summed E-state index contributed by atoms with van der Waals surface area (Å²) >= 11 is 0. The Balaban J connectivity index is 4.30. The molecule has 0 aromatic heterocycles. The number of ether oxygens (including phenoxy) is 3. The van der Waals surface area contributed by atoms with Gasteiger partial charge in [-0.05, 0) is 109 Å². The summed E-state index contributed by atoms with van der Waals surface area (Å²) in [7, 11) is 0. The van der Waals surface area contributed by atoms with Crippen molar-refractivity contribution in [3.8, 4) is 0 Å². The Hall–Kier alpha value is -2.40. The zero-order chi connectivity index (χ0) is 47.7. The lowest BCUT2D eigenvalue weighted by Gasteiger charge is -2.18. The van der Waals surface area contributed by atoms with Crippen molar-refractivity contribution in [2.75, 3.05) is 19.8 Å². The van der Waals surface area contributed by atoms with Crippen LogP contribution < -0.4 is 0 Å². The van der Waals surface area contributed by atoms with Crippen LogP contribution in [0.4, 0.5) is 0 Å². The van der Waals surface area contributed by atoms with Crippen molar-refractivity contribution in [3.05, 3.63) is 60.8 Å². The fraction of sp³-hybridized carbons (Fsp3) is 0.803. The van der Waals surface area contributed by atoms with Crippen molar-refractivity contribution in [3.63, 3.8) is 0 Å². The van der Waals surface area contributed by atoms with Crippen LogP contribution in [0.1, 0.15) is 290 Å². The molecule has 0 spiro atoms. The van der Waals surface area contributed by atoms with Crippen molar-refractivity contribution in [1.82, 2.24) is 0 Å². The van der Waals surface area contributed by atoms with Crippen LogP contribution in [0.15, 0.2) is 60.8 Å². The molecule has 0 bridgehead atoms. The summed E-state index contributed by atoms with van der Waals surface area (Å²) in [6.45, 7) is 7.79. The van der Waals surface area contributed by atoms with E-state index >= 15 is 0 Å². The van der Waals surface area contributed by atoms with E-state index in [4.69, 9.17) is 14.2 Å². The molecular formula is C61H110O5. The van der Waals surface area contributed by atoms with Crippen LogP contribution in [0.2, 0.25) is 0 Å². The molecule has 0 saturated carbocycles. The molecule has 0 radical (unpaired) electrons. The molecule has 0 heterocycles. The van der Waals surface area contributed by atoms with Gasteiger partial charge in [0.2, 0.25) is 0 Å². The predicted molar refractivity (Wildman–Crippen MR) is 288 cm³/mol. The standard InChI is InChI=1S/C61H110O5/c1-4-7-10-13-16-19-22-25-28-29-30-31-32-35-38-41-44-47-50-53-56-64-57-59(66-61(63)55-52-49-46-43-40-37-34-27-24-21-18-15-12-9-6-3)58-65-60(62)54-51-48-45-42-39-36-33-26-23-20-17-14-11-8-5-2/h16,19,25-28,30-31,33-34,59H,4-15,17-18,20-24,29,32,35-58H2,1-3H3/b19-16-,28-25-,31-30-,33-26-,34-27-. The normalized spacial score (nSPS) is 12.6. The first-order valence-electron chi connectivity index (χ1n) is 28.8. The summed E-state index contributed by atoms with van der Waals surface area (Å²) in [6.07, 6.45) is 72.3. The van der Waals surface area contributed by atoms with Gasteiger partial charge in [-0.1, -0.05) is 229 Å². The molecule has 0 aromatic rings. The van der Waals surface area contributed by atoms with Gasteiger partial charge in [-0.3, -0.25) is 9.59 Å². The Kier molecular flexibility index (Phi) is 54.9. The minimum atomic E-state index is -0.550. The SMILES string of the molecule is CCCCC/C=C\C/C=C\C/C=C\CCCCCCCCCOCC(COC(=O)CCCCCCC/C=C\CCCCCCCC)OC(=O)CCCCCCC/C=C\CCCCCCCC. The molecule has 0 aliphatic carbocycles. The molecule has 0 rings (SSSR count). The highest BCUT2D eigenvalue weighted by molar-refractivity contribution is 5.70. The number of carbonyl (C=O) groups excluding carboxylic acids is 2. The first-order chi connectivity index (χ1) is 32.6. The number of hydrogen-bond donors (Lipinski definition) is 0. The predicted octanol–water partition coefficient (Wildman–Crippen LogP) is 19.7. The smallest absolute Gasteiger partial charge is 0.306 e. The highest BCUT2D eigenvalue weighted by atomic mass is 16.6. The van der Waals surface area contributed by atoms with Gasteiger partial charge in [0.1, 0.15) is 6.61 Å². The molecular weight excluding hydrogens is 813 g/mol. The van der Waals surface area contributed by atoms with E-state index in [2.05, 4.69) is 81.5 Å². The third-order valence-electron chi connectivity index (χ3n) is 12.5. The van der Waals surface area contributed by atoms with Crippen LogP contribution >= 0.6 is 0 Å². The molecule has 0 N–H and O–H groups in total. The van der Waals surface area contributed by atoms with Crippen molar-refractivity contribution in [2.45, 2.75) is 297 Å². The molecule has 0 saturated heterocycles. The second-order valence-corrected chi connectivity index (χ2v) is 19.2. The molecule has 5 nitrogen and oxygen atoms in total. The van der Waals surface area contributed by atoms with Crippen LogP contribution in [-0.4, -0.2) is 37.9 Å². The number of carbonyl (C=O) groups is 2. The summed E-state index contributed by atoms with van der Waals surface area (Å²) in [6, 6.07) is 0. The summed E-state index contributed by atoms with van der Waals surface area (Å²) in [5.74, 6) is -0.413. The number of unbranched alkanes of at least 4 members (excludes halogenated alkanes) is 32. The summed E-state index contributed by atoms with van der Waals surface area (Å²) in [5.41, 5.74) is 0. The van der Waals surface area contributed by atoms with Crippen molar-refractivity contribution in [1.29, 1.82) is 0 Å². The van der Waals surface area contributed by atoms with E-state index in [9.17, 15) is 9.59 Å². The fourth-order valence-electron chi connectivity index (χ4n) is 8.15. The van der Waals surface area contributed by atoms with E-state index in [0.717, 1.165) is 77.0 Å². The minimum absolute atomic E-state index is 0.0742. The topological polar surface area (TPSA) is 61.8 Å². The van der Waals surface area contributed by atoms with Gasteiger partial charge in [0.25, 0.3) is 0 Å². The maximum absolute atomic E-state index is 12.8. The Bertz CT molecular complexity index is 1130. The summed E-state index contributed by atoms with van der Waals surface area (Å²) < 4.78 is 17.5. The second-order valence-electron chi connectivity index (χ2n) is 19.2. The van der Waals surface area contributed by atoms with Crippen molar-refractivity contribution < 1.29 is 23.8 Å². The lowest BCUT2D eigenvalue weighted by Crippen LogP contribution is -2.30. The van der Waals surface area contributed by atoms with Crippen LogP contribution in [0.25, 0.3) is 0 Å². The van der Waals surface area contributed by atoms with E-state index in [1.165, 1.54) is 180 Å². The van der Waals surface area contributed by atoms with E-state index in [1.54, 1.807) is 0 Å². The minimum Gasteiger partial charge on any atom is -0.462 e. The first-order valence-corrected chi connectivity index (χ1v) is 28.8. The van der Waals surface area contributed by atoms with E-state index in [1.807, 2.05) is 0 Å². The molecule has 0 aliphatic rings. The summed E-state index contributed by atoms with van der Waals surface area (Å²) in [5, 5.41) is 0. The third-order valence-corrected chi connectivity index (χ3v) is 12.5. The van der Waals surface area contributed by atoms with Gasteiger partial charge in [-0.25, -0.2) is 0 Å². The molecule has 0 aliphatic heterocycles. The lowest BCUT2D eigenvalue weighted by molar-refractivity contribution is -0.163. The van der Waals surface area contributed by atoms with Gasteiger partial charge in [-0.2, -0.15) is 0 Å². The van der Waals surface area contributed by atoms with Gasteiger partial charge in [0.15, 0.2) is 6.10 Å². The maximum Gasteiger partial charge on any atom is 0.306 e. The molecule has 0 fully saturated rings. The van der Waals surface area contributed by atoms with Crippen LogP contribution in [-0.2, 0) is 23.8 Å². The quantitative estimate of drug-likeness (QED) is 0.0346. The van der Waals surface area contributed by atoms with Gasteiger partial charge in [0, 0.05) is 19.4 Å². The molecule has 66 heavy (non-hydrogen) atoms. The zero-order valence-corrected chi connectivity index (χ0v) is 44.2. The Labute approximate surface area is 411 Å². The molecule has 0 amide bonds. The van der Waals surface area contributed by atoms with Crippen molar-refractivity contribution >= 4 is 11.9 Å². The highest BCUT2D eigenvalue weighted by Gasteiger charge is 2.17. The maximum atomic E-state index is 12.8. The van der Waals surface area contributed by atoms with Gasteiger partial charge in [-0.15, -0.1) is 0 Å². The zero-order valence-electron chi connectivity index (χ0n) is 44.2. The molecule has 1 unspecified atom stereocenters. The number of rotatable bonds is 53. The molecule has 5 heteroatoms. The second kappa shape index (κ2) is 56.9. The monoisotopic (exact) mass is 923 g/mol. The van der Waals surface area contributed by atoms with Crippen LogP contribution in [0, 0.1) is 0 Å². The average molecular weight is 924 g/mol. The van der Waals surface area contributed by atoms with E-state index in [0.29, 0.717) is 19.4 Å². The van der Waals surface area contributed by atoms with Gasteiger partial charge >= 0.3 is 11.9 Å². The molecule has 0 aromatic carbocycles. The molecule has 1 atom stereocenters. The van der Waals surface area contributed by atoms with E-state index < -0.39 is 6.10 Å². The first kappa shape index (κ1) is 63.6. The Morgan fingerprint density at radius 2 is 0.636 bits per heavy atom. The fourth-order valence-corrected chi connectivity index (χ4v) is 8.15. The Morgan fingerprint density at radius 3 is 1.06 bits per heavy atom. The summed E-state index contributed by atoms with van der Waals surface area (Å²) in [4.78, 5) is 25.5. The Morgan fingerprint density at radius 1 is 0.333 bits per heavy atom. The third kappa shape index (κ3) is 54.2. The lowest BCUT2D eigenvalue weighted by atomic mass is 10.1. The van der Waals surface area contributed by atoms with Crippen LogP contribution in [0.3, 0.4) is 0 Å². The van der Waals surface area contributed by atoms with E-state index in [-0.39, 0.29) is 25.2 Å². The number of hydrogen-bond acceptors (Lipinski definition) is 5. The van der Waals surface area contributed by atoms with Crippen molar-refractivity contribution in [2.24, 2.45) is 0 Å². The molecule has 384 valence electrons. The van der Waals surface area contributed by atoms with Gasteiger partial charge < -0.3 is 14.2 Å². The highest BCUT2D eigenvalue weighted by Crippen LogP contribution is 2.14.